The molecule has 1 aromatic heterocycles. The number of nitrogens with zero attached hydrogens (tertiary/aromatic N) is 2. The van der Waals surface area contributed by atoms with Crippen molar-refractivity contribution in [2.24, 2.45) is 0 Å². The molecule has 1 unspecified atom stereocenters. The number of nitrogens with one attached hydrogen (secondary N) is 1. The summed E-state index contributed by atoms with van der Waals surface area (Å²) >= 11 is 1.81. The predicted molar refractivity (Wildman–Crippen MR) is 83.1 cm³/mol. The summed E-state index contributed by atoms with van der Waals surface area (Å²) in [5, 5.41) is 4.67. The van der Waals surface area contributed by atoms with E-state index in [9.17, 15) is 0 Å². The Hall–Kier alpha value is -1.13. The summed E-state index contributed by atoms with van der Waals surface area (Å²) in [6.45, 7) is 2.30. The van der Waals surface area contributed by atoms with Gasteiger partial charge in [-0.2, -0.15) is 0 Å². The van der Waals surface area contributed by atoms with Gasteiger partial charge in [-0.3, -0.25) is 0 Å². The van der Waals surface area contributed by atoms with E-state index in [1.807, 2.05) is 0 Å². The van der Waals surface area contributed by atoms with Crippen LogP contribution in [0.25, 0.3) is 10.2 Å². The first kappa shape index (κ1) is 12.9. The third-order valence-corrected chi connectivity index (χ3v) is 5.05. The fourth-order valence-corrected chi connectivity index (χ4v) is 3.72. The molecule has 2 aromatic rings. The Morgan fingerprint density at radius 2 is 2.11 bits per heavy atom. The van der Waals surface area contributed by atoms with Crippen LogP contribution in [0.5, 0.6) is 0 Å². The molecule has 3 nitrogen and oxygen atoms in total. The second-order valence-corrected chi connectivity index (χ2v) is 6.27. The lowest BCUT2D eigenvalue weighted by Gasteiger charge is -2.29. The molecule has 19 heavy (non-hydrogen) atoms. The van der Waals surface area contributed by atoms with Gasteiger partial charge in [0.1, 0.15) is 0 Å². The largest absolute Gasteiger partial charge is 0.348 e. The Morgan fingerprint density at radius 1 is 1.21 bits per heavy atom. The molecule has 1 aliphatic rings. The number of aromatic nitrogens is 1. The van der Waals surface area contributed by atoms with Gasteiger partial charge in [0, 0.05) is 13.1 Å². The second-order valence-electron chi connectivity index (χ2n) is 5.26. The minimum Gasteiger partial charge on any atom is -0.348 e. The number of para-hydroxylation sites is 1. The molecule has 0 saturated carbocycles. The van der Waals surface area contributed by atoms with Crippen molar-refractivity contribution in [3.8, 4) is 0 Å². The van der Waals surface area contributed by atoms with E-state index < -0.39 is 0 Å². The highest BCUT2D eigenvalue weighted by Crippen LogP contribution is 2.30. The monoisotopic (exact) mass is 275 g/mol. The maximum Gasteiger partial charge on any atom is 0.186 e. The zero-order valence-electron chi connectivity index (χ0n) is 11.4. The summed E-state index contributed by atoms with van der Waals surface area (Å²) in [6.07, 6.45) is 5.11. The standard InChI is InChI=1S/C15H21N3S/c1-18(12-6-4-5-10-16-11-9-12)15-17-13-7-2-3-8-14(13)19-15/h2-3,7-8,12,16H,4-6,9-11H2,1H3. The number of anilines is 1. The third-order valence-electron chi connectivity index (χ3n) is 3.93. The van der Waals surface area contributed by atoms with Crippen molar-refractivity contribution in [1.82, 2.24) is 10.3 Å². The Kier molecular flexibility index (Phi) is 3.99. The molecule has 1 atom stereocenters. The lowest BCUT2D eigenvalue weighted by Crippen LogP contribution is -2.36. The van der Waals surface area contributed by atoms with Crippen LogP contribution in [0.1, 0.15) is 25.7 Å². The van der Waals surface area contributed by atoms with Gasteiger partial charge in [-0.1, -0.05) is 29.9 Å². The highest BCUT2D eigenvalue weighted by molar-refractivity contribution is 7.22. The van der Waals surface area contributed by atoms with Gasteiger partial charge in [0.05, 0.1) is 10.2 Å². The van der Waals surface area contributed by atoms with Crippen molar-refractivity contribution in [3.63, 3.8) is 0 Å². The Labute approximate surface area is 118 Å². The Bertz CT molecular complexity index is 496. The van der Waals surface area contributed by atoms with Gasteiger partial charge >= 0.3 is 0 Å². The molecule has 0 radical (unpaired) electrons. The van der Waals surface area contributed by atoms with Crippen LogP contribution in [-0.2, 0) is 0 Å². The summed E-state index contributed by atoms with van der Waals surface area (Å²) in [5.41, 5.74) is 1.12. The fourth-order valence-electron chi connectivity index (χ4n) is 2.72. The number of hydrogen-bond donors (Lipinski definition) is 1. The number of benzene rings is 1. The minimum atomic E-state index is 0.619. The van der Waals surface area contributed by atoms with Gasteiger partial charge in [-0.15, -0.1) is 0 Å². The Balaban J connectivity index is 1.79. The molecule has 102 valence electrons. The second kappa shape index (κ2) is 5.88. The molecule has 0 amide bonds. The molecule has 3 rings (SSSR count). The first-order valence-corrected chi connectivity index (χ1v) is 7.95. The van der Waals surface area contributed by atoms with Gasteiger partial charge in [0.15, 0.2) is 5.13 Å². The molecule has 0 spiro atoms. The van der Waals surface area contributed by atoms with E-state index in [1.165, 1.54) is 36.9 Å². The van der Waals surface area contributed by atoms with Crippen molar-refractivity contribution in [2.75, 3.05) is 25.0 Å². The molecule has 1 aliphatic heterocycles. The first-order chi connectivity index (χ1) is 9.34. The maximum atomic E-state index is 4.77. The van der Waals surface area contributed by atoms with Crippen LogP contribution in [0.2, 0.25) is 0 Å². The average molecular weight is 275 g/mol. The number of hydrogen-bond acceptors (Lipinski definition) is 4. The van der Waals surface area contributed by atoms with Crippen molar-refractivity contribution in [1.29, 1.82) is 0 Å². The molecule has 1 N–H and O–H groups in total. The maximum absolute atomic E-state index is 4.77. The van der Waals surface area contributed by atoms with Crippen LogP contribution < -0.4 is 10.2 Å². The van der Waals surface area contributed by atoms with Crippen LogP contribution >= 0.6 is 11.3 Å². The number of rotatable bonds is 2. The highest BCUT2D eigenvalue weighted by atomic mass is 32.1. The summed E-state index contributed by atoms with van der Waals surface area (Å²) in [6, 6.07) is 9.02. The van der Waals surface area contributed by atoms with Gasteiger partial charge in [0.2, 0.25) is 0 Å². The molecule has 0 aliphatic carbocycles. The normalized spacial score (nSPS) is 21.0. The van der Waals surface area contributed by atoms with Gasteiger partial charge < -0.3 is 10.2 Å². The average Bonchev–Trinajstić information content (AvgIpc) is 2.81. The molecule has 1 fully saturated rings. The van der Waals surface area contributed by atoms with E-state index in [1.54, 1.807) is 11.3 Å². The molecular formula is C15H21N3S. The molecule has 0 bridgehead atoms. The van der Waals surface area contributed by atoms with Crippen LogP contribution in [0.4, 0.5) is 5.13 Å². The van der Waals surface area contributed by atoms with E-state index >= 15 is 0 Å². The molecule has 2 heterocycles. The van der Waals surface area contributed by atoms with Crippen molar-refractivity contribution >= 4 is 26.7 Å². The Morgan fingerprint density at radius 3 is 3.00 bits per heavy atom. The number of thiazole rings is 1. The van der Waals surface area contributed by atoms with E-state index in [2.05, 4.69) is 41.5 Å². The van der Waals surface area contributed by atoms with Crippen molar-refractivity contribution in [2.45, 2.75) is 31.7 Å². The summed E-state index contributed by atoms with van der Waals surface area (Å²) in [5.74, 6) is 0. The predicted octanol–water partition coefficient (Wildman–Crippen LogP) is 3.26. The topological polar surface area (TPSA) is 28.2 Å². The summed E-state index contributed by atoms with van der Waals surface area (Å²) < 4.78 is 1.29. The van der Waals surface area contributed by atoms with E-state index in [0.29, 0.717) is 6.04 Å². The molecular weight excluding hydrogens is 254 g/mol. The van der Waals surface area contributed by atoms with E-state index in [0.717, 1.165) is 17.2 Å². The zero-order chi connectivity index (χ0) is 13.1. The highest BCUT2D eigenvalue weighted by Gasteiger charge is 2.19. The third kappa shape index (κ3) is 2.90. The summed E-state index contributed by atoms with van der Waals surface area (Å²) in [7, 11) is 2.20. The lowest BCUT2D eigenvalue weighted by atomic mass is 10.0. The first-order valence-electron chi connectivity index (χ1n) is 7.14. The minimum absolute atomic E-state index is 0.619. The van der Waals surface area contributed by atoms with Gasteiger partial charge in [-0.05, 0) is 44.5 Å². The van der Waals surface area contributed by atoms with Crippen molar-refractivity contribution < 1.29 is 0 Å². The van der Waals surface area contributed by atoms with Crippen LogP contribution in [-0.4, -0.2) is 31.2 Å². The van der Waals surface area contributed by atoms with E-state index in [4.69, 9.17) is 4.98 Å². The van der Waals surface area contributed by atoms with Crippen LogP contribution in [0.3, 0.4) is 0 Å². The van der Waals surface area contributed by atoms with Gasteiger partial charge in [0.25, 0.3) is 0 Å². The van der Waals surface area contributed by atoms with Crippen LogP contribution in [0, 0.1) is 0 Å². The molecule has 1 aromatic carbocycles. The molecule has 1 saturated heterocycles. The van der Waals surface area contributed by atoms with Crippen LogP contribution in [0.15, 0.2) is 24.3 Å². The van der Waals surface area contributed by atoms with Gasteiger partial charge in [-0.25, -0.2) is 4.98 Å². The SMILES string of the molecule is CN(c1nc2ccccc2s1)C1CCCCNCC1. The lowest BCUT2D eigenvalue weighted by molar-refractivity contribution is 0.452. The number of fused-ring (bicyclic) bond motifs is 1. The summed E-state index contributed by atoms with van der Waals surface area (Å²) in [4.78, 5) is 7.15. The quantitative estimate of drug-likeness (QED) is 0.912. The van der Waals surface area contributed by atoms with E-state index in [-0.39, 0.29) is 0 Å². The fraction of sp³-hybridized carbons (Fsp3) is 0.533. The van der Waals surface area contributed by atoms with Crippen molar-refractivity contribution in [3.05, 3.63) is 24.3 Å². The smallest absolute Gasteiger partial charge is 0.186 e. The molecule has 4 heteroatoms. The zero-order valence-corrected chi connectivity index (χ0v) is 12.2.